The number of aryl methyl sites for hydroxylation is 1. The van der Waals surface area contributed by atoms with E-state index in [1.54, 1.807) is 17.0 Å². The molecule has 1 aromatic carbocycles. The highest BCUT2D eigenvalue weighted by Gasteiger charge is 2.32. The predicted molar refractivity (Wildman–Crippen MR) is 134 cm³/mol. The van der Waals surface area contributed by atoms with Gasteiger partial charge in [0.2, 0.25) is 0 Å². The number of imidazole rings is 1. The number of nitrogens with one attached hydrogen (secondary N) is 1. The number of nitrogens with zero attached hydrogens (tertiary/aromatic N) is 5. The minimum atomic E-state index is -1.22. The van der Waals surface area contributed by atoms with Crippen LogP contribution in [0.1, 0.15) is 29.6 Å². The molecule has 186 valence electrons. The molecule has 1 aliphatic heterocycles. The van der Waals surface area contributed by atoms with Crippen molar-refractivity contribution in [2.45, 2.75) is 38.0 Å². The predicted octanol–water partition coefficient (Wildman–Crippen LogP) is 2.84. The van der Waals surface area contributed by atoms with Crippen molar-refractivity contribution in [3.05, 3.63) is 48.2 Å². The van der Waals surface area contributed by atoms with Crippen molar-refractivity contribution in [1.29, 1.82) is 0 Å². The average Bonchev–Trinajstić information content (AvgIpc) is 3.54. The molecule has 1 saturated carbocycles. The summed E-state index contributed by atoms with van der Waals surface area (Å²) >= 11 is 0. The van der Waals surface area contributed by atoms with Crippen molar-refractivity contribution in [3.63, 3.8) is 0 Å². The number of aliphatic hydroxyl groups excluding tert-OH is 1. The number of carboxylic acid groups (broad SMARTS) is 1. The molecule has 2 amide bonds. The van der Waals surface area contributed by atoms with Gasteiger partial charge in [-0.15, -0.1) is 0 Å². The molecule has 0 bridgehead atoms. The molecule has 6 rings (SSSR count). The van der Waals surface area contributed by atoms with E-state index in [9.17, 15) is 14.7 Å². The molecule has 3 aromatic heterocycles. The first-order chi connectivity index (χ1) is 17.4. The zero-order valence-electron chi connectivity index (χ0n) is 20.0. The third-order valence-corrected chi connectivity index (χ3v) is 7.32. The van der Waals surface area contributed by atoms with Crippen LogP contribution in [0.3, 0.4) is 0 Å². The molecule has 2 fully saturated rings. The minimum Gasteiger partial charge on any atom is -0.465 e. The number of aliphatic hydroxyl groups is 1. The number of benzene rings is 1. The van der Waals surface area contributed by atoms with Crippen LogP contribution >= 0.6 is 0 Å². The lowest BCUT2D eigenvalue weighted by Crippen LogP contribution is -2.56. The molecule has 2 aliphatic rings. The van der Waals surface area contributed by atoms with Crippen LogP contribution in [0.15, 0.2) is 42.6 Å². The molecule has 1 saturated heterocycles. The highest BCUT2D eigenvalue weighted by atomic mass is 16.4. The van der Waals surface area contributed by atoms with Gasteiger partial charge in [0, 0.05) is 43.8 Å². The first-order valence-corrected chi connectivity index (χ1v) is 12.3. The number of aromatic nitrogens is 4. The van der Waals surface area contributed by atoms with Crippen molar-refractivity contribution >= 4 is 34.1 Å². The molecule has 2 atom stereocenters. The van der Waals surface area contributed by atoms with Crippen LogP contribution < -0.4 is 5.32 Å². The summed E-state index contributed by atoms with van der Waals surface area (Å²) in [6.45, 7) is 1.39. The normalized spacial score (nSPS) is 20.2. The first-order valence-electron chi connectivity index (χ1n) is 12.3. The maximum Gasteiger partial charge on any atom is 0.405 e. The van der Waals surface area contributed by atoms with Crippen molar-refractivity contribution in [2.24, 2.45) is 13.0 Å². The fourth-order valence-electron chi connectivity index (χ4n) is 5.18. The van der Waals surface area contributed by atoms with E-state index >= 15 is 0 Å². The molecular weight excluding hydrogens is 460 g/mol. The van der Waals surface area contributed by atoms with Crippen LogP contribution in [0.25, 0.3) is 33.6 Å². The third kappa shape index (κ3) is 3.97. The number of pyridine rings is 1. The van der Waals surface area contributed by atoms with E-state index in [0.29, 0.717) is 30.0 Å². The van der Waals surface area contributed by atoms with Crippen molar-refractivity contribution in [3.8, 4) is 11.5 Å². The number of carbonyl (C=O) groups is 2. The summed E-state index contributed by atoms with van der Waals surface area (Å²) in [5, 5.41) is 22.5. The molecule has 10 heteroatoms. The Kier molecular flexibility index (Phi) is 5.40. The van der Waals surface area contributed by atoms with Gasteiger partial charge < -0.3 is 29.6 Å². The first kappa shape index (κ1) is 22.5. The van der Waals surface area contributed by atoms with E-state index in [2.05, 4.69) is 27.0 Å². The van der Waals surface area contributed by atoms with E-state index in [1.165, 1.54) is 12.8 Å². The van der Waals surface area contributed by atoms with Crippen molar-refractivity contribution in [2.75, 3.05) is 13.1 Å². The topological polar surface area (TPSA) is 126 Å². The van der Waals surface area contributed by atoms with Crippen LogP contribution in [0.5, 0.6) is 0 Å². The highest BCUT2D eigenvalue weighted by Crippen LogP contribution is 2.36. The molecule has 4 aromatic rings. The number of rotatable bonds is 5. The SMILES string of the molecule is Cn1c(-c2cc3cccnc3n2CC2CC2)nc2cc(C(=O)N3CC[C@@H](O)[C@@H](NC(=O)O)C3)ccc21. The quantitative estimate of drug-likeness (QED) is 0.397. The number of hydrogen-bond donors (Lipinski definition) is 3. The summed E-state index contributed by atoms with van der Waals surface area (Å²) in [4.78, 5) is 35.5. The Bertz CT molecular complexity index is 1490. The molecule has 0 spiro atoms. The number of fused-ring (bicyclic) bond motifs is 2. The highest BCUT2D eigenvalue weighted by molar-refractivity contribution is 5.98. The van der Waals surface area contributed by atoms with E-state index in [0.717, 1.165) is 34.6 Å². The summed E-state index contributed by atoms with van der Waals surface area (Å²) in [6, 6.07) is 10.9. The molecular formula is C26H28N6O4. The van der Waals surface area contributed by atoms with E-state index in [1.807, 2.05) is 29.9 Å². The van der Waals surface area contributed by atoms with Crippen LogP contribution in [0.4, 0.5) is 4.79 Å². The Morgan fingerprint density at radius 2 is 2.00 bits per heavy atom. The number of likely N-dealkylation sites (tertiary alicyclic amines) is 1. The maximum absolute atomic E-state index is 13.3. The van der Waals surface area contributed by atoms with Gasteiger partial charge in [-0.2, -0.15) is 0 Å². The van der Waals surface area contributed by atoms with Gasteiger partial charge in [-0.05, 0) is 61.6 Å². The molecule has 4 heterocycles. The molecule has 0 radical (unpaired) electrons. The van der Waals surface area contributed by atoms with Gasteiger partial charge in [-0.1, -0.05) is 0 Å². The Balaban J connectivity index is 1.34. The largest absolute Gasteiger partial charge is 0.465 e. The Morgan fingerprint density at radius 1 is 1.17 bits per heavy atom. The van der Waals surface area contributed by atoms with Gasteiger partial charge in [0.1, 0.15) is 5.65 Å². The van der Waals surface area contributed by atoms with Gasteiger partial charge in [0.05, 0.1) is 28.9 Å². The second-order valence-electron chi connectivity index (χ2n) is 9.86. The maximum atomic E-state index is 13.3. The number of amides is 2. The number of carbonyl (C=O) groups excluding carboxylic acids is 1. The second kappa shape index (κ2) is 8.63. The summed E-state index contributed by atoms with van der Waals surface area (Å²) in [5.41, 5.74) is 4.08. The smallest absolute Gasteiger partial charge is 0.405 e. The Hall–Kier alpha value is -3.92. The summed E-state index contributed by atoms with van der Waals surface area (Å²) < 4.78 is 4.31. The zero-order valence-corrected chi connectivity index (χ0v) is 20.0. The fourth-order valence-corrected chi connectivity index (χ4v) is 5.18. The van der Waals surface area contributed by atoms with Gasteiger partial charge in [0.25, 0.3) is 5.91 Å². The lowest BCUT2D eigenvalue weighted by atomic mass is 10.0. The van der Waals surface area contributed by atoms with Gasteiger partial charge >= 0.3 is 6.09 Å². The zero-order chi connectivity index (χ0) is 25.0. The van der Waals surface area contributed by atoms with E-state index < -0.39 is 18.2 Å². The van der Waals surface area contributed by atoms with Crippen molar-refractivity contribution in [1.82, 2.24) is 29.3 Å². The third-order valence-electron chi connectivity index (χ3n) is 7.32. The fraction of sp³-hybridized carbons (Fsp3) is 0.385. The average molecular weight is 489 g/mol. The molecule has 0 unspecified atom stereocenters. The van der Waals surface area contributed by atoms with E-state index in [-0.39, 0.29) is 12.5 Å². The number of piperidine rings is 1. The van der Waals surface area contributed by atoms with Crippen LogP contribution in [-0.2, 0) is 13.6 Å². The molecule has 1 aliphatic carbocycles. The van der Waals surface area contributed by atoms with Crippen LogP contribution in [0, 0.1) is 5.92 Å². The lowest BCUT2D eigenvalue weighted by molar-refractivity contribution is 0.0378. The molecule has 10 nitrogen and oxygen atoms in total. The lowest BCUT2D eigenvalue weighted by Gasteiger charge is -2.36. The molecule has 3 N–H and O–H groups in total. The Labute approximate surface area is 207 Å². The van der Waals surface area contributed by atoms with Gasteiger partial charge in [0.15, 0.2) is 5.82 Å². The standard InChI is InChI=1S/C26H28N6O4/c1-30-20-7-6-17(25(34)31-10-8-22(33)19(14-31)29-26(35)36)11-18(20)28-24(30)21-12-16-3-2-9-27-23(16)32(21)13-15-4-5-15/h2-3,6-7,9,11-12,15,19,22,29,33H,4-5,8,10,13-14H2,1H3,(H,35,36)/t19-,22+/m0/s1. The second-order valence-corrected chi connectivity index (χ2v) is 9.86. The summed E-state index contributed by atoms with van der Waals surface area (Å²) in [5.74, 6) is 1.28. The van der Waals surface area contributed by atoms with Crippen LogP contribution in [-0.4, -0.2) is 71.5 Å². The van der Waals surface area contributed by atoms with Crippen molar-refractivity contribution < 1.29 is 19.8 Å². The summed E-state index contributed by atoms with van der Waals surface area (Å²) in [7, 11) is 1.98. The van der Waals surface area contributed by atoms with Crippen LogP contribution in [0.2, 0.25) is 0 Å². The molecule has 36 heavy (non-hydrogen) atoms. The van der Waals surface area contributed by atoms with Gasteiger partial charge in [-0.3, -0.25) is 4.79 Å². The Morgan fingerprint density at radius 3 is 2.78 bits per heavy atom. The van der Waals surface area contributed by atoms with E-state index in [4.69, 9.17) is 10.1 Å². The number of hydrogen-bond acceptors (Lipinski definition) is 5. The summed E-state index contributed by atoms with van der Waals surface area (Å²) in [6.07, 6.45) is 2.56. The van der Waals surface area contributed by atoms with Gasteiger partial charge in [-0.25, -0.2) is 14.8 Å². The monoisotopic (exact) mass is 488 g/mol. The minimum absolute atomic E-state index is 0.117.